The van der Waals surface area contributed by atoms with Gasteiger partial charge in [0.25, 0.3) is 0 Å². The van der Waals surface area contributed by atoms with Crippen LogP contribution in [-0.4, -0.2) is 42.7 Å². The van der Waals surface area contributed by atoms with E-state index >= 15 is 0 Å². The van der Waals surface area contributed by atoms with Crippen molar-refractivity contribution in [3.05, 3.63) is 65.9 Å². The summed E-state index contributed by atoms with van der Waals surface area (Å²) in [5, 5.41) is 19.8. The second kappa shape index (κ2) is 9.74. The molecule has 0 aliphatic rings. The summed E-state index contributed by atoms with van der Waals surface area (Å²) in [7, 11) is 0. The van der Waals surface area contributed by atoms with E-state index in [9.17, 15) is 4.79 Å². The van der Waals surface area contributed by atoms with Crippen molar-refractivity contribution in [3.8, 4) is 11.5 Å². The molecule has 0 saturated carbocycles. The predicted molar refractivity (Wildman–Crippen MR) is 120 cm³/mol. The molecular weight excluding hydrogens is 412 g/mol. The van der Waals surface area contributed by atoms with Crippen LogP contribution in [0.3, 0.4) is 0 Å². The zero-order valence-corrected chi connectivity index (χ0v) is 18.3. The van der Waals surface area contributed by atoms with E-state index in [4.69, 9.17) is 4.42 Å². The predicted octanol–water partition coefficient (Wildman–Crippen LogP) is 3.63. The Bertz CT molecular complexity index is 1150. The van der Waals surface area contributed by atoms with E-state index in [0.29, 0.717) is 18.2 Å². The number of nitrogens with zero attached hydrogens (tertiary/aromatic N) is 5. The molecule has 1 N–H and O–H groups in total. The Labute approximate surface area is 184 Å². The molecule has 0 saturated heterocycles. The van der Waals surface area contributed by atoms with Gasteiger partial charge in [-0.25, -0.2) is 0 Å². The minimum atomic E-state index is -0.219. The van der Waals surface area contributed by atoms with Gasteiger partial charge in [-0.3, -0.25) is 9.20 Å². The first-order chi connectivity index (χ1) is 15.1. The van der Waals surface area contributed by atoms with Gasteiger partial charge >= 0.3 is 0 Å². The second-order valence-electron chi connectivity index (χ2n) is 7.26. The molecule has 1 atom stereocenters. The van der Waals surface area contributed by atoms with E-state index < -0.39 is 0 Å². The highest BCUT2D eigenvalue weighted by atomic mass is 32.2. The van der Waals surface area contributed by atoms with Crippen LogP contribution in [0, 0.1) is 6.92 Å². The fraction of sp³-hybridized carbons (Fsp3) is 0.318. The van der Waals surface area contributed by atoms with Crippen LogP contribution in [-0.2, 0) is 11.2 Å². The van der Waals surface area contributed by atoms with Crippen molar-refractivity contribution < 1.29 is 9.21 Å². The van der Waals surface area contributed by atoms with Gasteiger partial charge in [0.2, 0.25) is 17.7 Å². The Morgan fingerprint density at radius 3 is 2.77 bits per heavy atom. The number of pyridine rings is 1. The number of carbonyl (C=O) groups is 1. The molecule has 160 valence electrons. The Morgan fingerprint density at radius 2 is 1.97 bits per heavy atom. The first-order valence-corrected chi connectivity index (χ1v) is 11.5. The molecule has 1 unspecified atom stereocenters. The van der Waals surface area contributed by atoms with E-state index in [1.807, 2.05) is 66.2 Å². The highest BCUT2D eigenvalue weighted by molar-refractivity contribution is 7.98. The molecule has 0 bridgehead atoms. The van der Waals surface area contributed by atoms with Gasteiger partial charge in [0.15, 0.2) is 11.5 Å². The molecule has 0 aliphatic heterocycles. The summed E-state index contributed by atoms with van der Waals surface area (Å²) in [4.78, 5) is 12.7. The number of nitrogens with one attached hydrogen (secondary N) is 1. The summed E-state index contributed by atoms with van der Waals surface area (Å²) in [6.45, 7) is 2.02. The van der Waals surface area contributed by atoms with Gasteiger partial charge in [-0.05, 0) is 49.6 Å². The summed E-state index contributed by atoms with van der Waals surface area (Å²) < 4.78 is 7.64. The minimum absolute atomic E-state index is 0.0890. The molecule has 31 heavy (non-hydrogen) atoms. The van der Waals surface area contributed by atoms with Crippen LogP contribution in [0.5, 0.6) is 0 Å². The van der Waals surface area contributed by atoms with E-state index in [-0.39, 0.29) is 18.4 Å². The van der Waals surface area contributed by atoms with Crippen LogP contribution in [0.25, 0.3) is 17.1 Å². The number of rotatable bonds is 9. The number of thioether (sulfide) groups is 1. The number of hydrogen-bond donors (Lipinski definition) is 1. The van der Waals surface area contributed by atoms with Gasteiger partial charge in [0, 0.05) is 24.6 Å². The van der Waals surface area contributed by atoms with E-state index in [1.54, 1.807) is 11.8 Å². The molecule has 9 heteroatoms. The number of aromatic nitrogens is 5. The van der Waals surface area contributed by atoms with E-state index in [2.05, 4.69) is 25.7 Å². The number of hydrogen-bond acceptors (Lipinski definition) is 7. The topological polar surface area (TPSA) is 98.2 Å². The first-order valence-electron chi connectivity index (χ1n) is 10.1. The van der Waals surface area contributed by atoms with E-state index in [1.165, 1.54) is 0 Å². The third-order valence-electron chi connectivity index (χ3n) is 4.93. The monoisotopic (exact) mass is 436 g/mol. The third-order valence-corrected chi connectivity index (χ3v) is 5.57. The quantitative estimate of drug-likeness (QED) is 0.428. The summed E-state index contributed by atoms with van der Waals surface area (Å²) in [6, 6.07) is 13.4. The molecule has 4 rings (SSSR count). The van der Waals surface area contributed by atoms with Crippen LogP contribution < -0.4 is 5.32 Å². The SMILES string of the molecule is CSCCC(NC(=O)CCc1nnc(-c2ccc(C)cc2)o1)c1nnc2ccccn12. The molecule has 1 amide bonds. The maximum absolute atomic E-state index is 12.7. The maximum atomic E-state index is 12.7. The zero-order chi connectivity index (χ0) is 21.6. The van der Waals surface area contributed by atoms with Crippen molar-refractivity contribution in [1.82, 2.24) is 30.1 Å². The van der Waals surface area contributed by atoms with Crippen molar-refractivity contribution in [1.29, 1.82) is 0 Å². The molecule has 0 radical (unpaired) electrons. The largest absolute Gasteiger partial charge is 0.421 e. The lowest BCUT2D eigenvalue weighted by Crippen LogP contribution is -2.30. The van der Waals surface area contributed by atoms with Crippen molar-refractivity contribution in [2.24, 2.45) is 0 Å². The van der Waals surface area contributed by atoms with Crippen LogP contribution in [0.4, 0.5) is 0 Å². The minimum Gasteiger partial charge on any atom is -0.421 e. The second-order valence-corrected chi connectivity index (χ2v) is 8.24. The fourth-order valence-electron chi connectivity index (χ4n) is 3.25. The van der Waals surface area contributed by atoms with Crippen molar-refractivity contribution >= 4 is 23.3 Å². The number of fused-ring (bicyclic) bond motifs is 1. The summed E-state index contributed by atoms with van der Waals surface area (Å²) in [5.74, 6) is 2.45. The lowest BCUT2D eigenvalue weighted by atomic mass is 10.1. The summed E-state index contributed by atoms with van der Waals surface area (Å²) in [6.07, 6.45) is 5.35. The van der Waals surface area contributed by atoms with Gasteiger partial charge in [-0.2, -0.15) is 11.8 Å². The molecule has 3 aromatic heterocycles. The van der Waals surface area contributed by atoms with Crippen LogP contribution in [0.1, 0.15) is 36.2 Å². The van der Waals surface area contributed by atoms with Gasteiger partial charge in [-0.1, -0.05) is 23.8 Å². The van der Waals surface area contributed by atoms with E-state index in [0.717, 1.165) is 34.8 Å². The Kier molecular flexibility index (Phi) is 6.61. The third kappa shape index (κ3) is 5.11. The average molecular weight is 437 g/mol. The highest BCUT2D eigenvalue weighted by Gasteiger charge is 2.20. The zero-order valence-electron chi connectivity index (χ0n) is 17.5. The smallest absolute Gasteiger partial charge is 0.247 e. The number of carbonyl (C=O) groups excluding carboxylic acids is 1. The fourth-order valence-corrected chi connectivity index (χ4v) is 3.72. The lowest BCUT2D eigenvalue weighted by molar-refractivity contribution is -0.122. The molecule has 0 fully saturated rings. The van der Waals surface area contributed by atoms with Crippen molar-refractivity contribution in [3.63, 3.8) is 0 Å². The highest BCUT2D eigenvalue weighted by Crippen LogP contribution is 2.20. The Hall–Kier alpha value is -3.20. The molecule has 4 aromatic rings. The van der Waals surface area contributed by atoms with Gasteiger partial charge in [0.05, 0.1) is 6.04 Å². The molecule has 1 aromatic carbocycles. The first kappa shape index (κ1) is 21.0. The standard InChI is InChI=1S/C22H24N6O2S/c1-15-6-8-16(9-7-15)22-27-25-20(30-22)11-10-19(29)23-17(12-14-31-2)21-26-24-18-5-3-4-13-28(18)21/h3-9,13,17H,10-12,14H2,1-2H3,(H,23,29). The number of benzene rings is 1. The Morgan fingerprint density at radius 1 is 1.13 bits per heavy atom. The summed E-state index contributed by atoms with van der Waals surface area (Å²) >= 11 is 1.73. The molecular formula is C22H24N6O2S. The number of amides is 1. The van der Waals surface area contributed by atoms with Crippen LogP contribution >= 0.6 is 11.8 Å². The van der Waals surface area contributed by atoms with Crippen molar-refractivity contribution in [2.45, 2.75) is 32.2 Å². The van der Waals surface area contributed by atoms with Gasteiger partial charge in [0.1, 0.15) is 0 Å². The molecule has 0 aliphatic carbocycles. The molecule has 8 nitrogen and oxygen atoms in total. The normalized spacial score (nSPS) is 12.2. The number of aryl methyl sites for hydroxylation is 2. The summed E-state index contributed by atoms with van der Waals surface area (Å²) in [5.41, 5.74) is 2.79. The maximum Gasteiger partial charge on any atom is 0.247 e. The Balaban J connectivity index is 1.40. The van der Waals surface area contributed by atoms with Gasteiger partial charge < -0.3 is 9.73 Å². The van der Waals surface area contributed by atoms with Gasteiger partial charge in [-0.15, -0.1) is 20.4 Å². The molecule has 0 spiro atoms. The van der Waals surface area contributed by atoms with Crippen LogP contribution in [0.15, 0.2) is 53.1 Å². The molecule has 3 heterocycles. The average Bonchev–Trinajstić information content (AvgIpc) is 3.43. The lowest BCUT2D eigenvalue weighted by Gasteiger charge is -2.16. The van der Waals surface area contributed by atoms with Crippen LogP contribution in [0.2, 0.25) is 0 Å². The van der Waals surface area contributed by atoms with Crippen molar-refractivity contribution in [2.75, 3.05) is 12.0 Å².